The van der Waals surface area contributed by atoms with E-state index in [1.54, 1.807) is 0 Å². The monoisotopic (exact) mass is 202 g/mol. The van der Waals surface area contributed by atoms with Crippen molar-refractivity contribution in [3.05, 3.63) is 35.4 Å². The normalized spacial score (nSPS) is 13.3. The first-order valence-corrected chi connectivity index (χ1v) is 5.27. The van der Waals surface area contributed by atoms with E-state index in [1.807, 2.05) is 26.0 Å². The molecule has 2 N–H and O–H groups in total. The summed E-state index contributed by atoms with van der Waals surface area (Å²) < 4.78 is 0. The Morgan fingerprint density at radius 3 is 2.27 bits per heavy atom. The first-order valence-electron chi connectivity index (χ1n) is 5.27. The number of nitrogens with two attached hydrogens (primary N) is 1. The minimum absolute atomic E-state index is 0.228. The summed E-state index contributed by atoms with van der Waals surface area (Å²) in [5.41, 5.74) is 7.85. The number of hydrogen-bond acceptors (Lipinski definition) is 2. The van der Waals surface area contributed by atoms with Gasteiger partial charge in [0, 0.05) is 6.04 Å². The van der Waals surface area contributed by atoms with Crippen molar-refractivity contribution < 1.29 is 0 Å². The van der Waals surface area contributed by atoms with Crippen LogP contribution in [-0.2, 0) is 6.42 Å². The van der Waals surface area contributed by atoms with E-state index >= 15 is 0 Å². The van der Waals surface area contributed by atoms with Gasteiger partial charge in [0.15, 0.2) is 0 Å². The van der Waals surface area contributed by atoms with Gasteiger partial charge in [0.25, 0.3) is 0 Å². The zero-order valence-corrected chi connectivity index (χ0v) is 9.62. The molecule has 0 radical (unpaired) electrons. The topological polar surface area (TPSA) is 49.8 Å². The third-order valence-electron chi connectivity index (χ3n) is 2.81. The van der Waals surface area contributed by atoms with Crippen LogP contribution in [-0.4, -0.2) is 0 Å². The Labute approximate surface area is 91.7 Å². The van der Waals surface area contributed by atoms with Crippen LogP contribution in [0.3, 0.4) is 0 Å². The van der Waals surface area contributed by atoms with Gasteiger partial charge >= 0.3 is 0 Å². The number of hydrogen-bond donors (Lipinski definition) is 1. The molecule has 0 spiro atoms. The van der Waals surface area contributed by atoms with Gasteiger partial charge in [-0.1, -0.05) is 31.2 Å². The Morgan fingerprint density at radius 2 is 1.87 bits per heavy atom. The van der Waals surface area contributed by atoms with Crippen LogP contribution in [0, 0.1) is 16.7 Å². The van der Waals surface area contributed by atoms with Gasteiger partial charge in [-0.2, -0.15) is 5.26 Å². The molecule has 0 aliphatic heterocycles. The molecule has 1 aromatic carbocycles. The van der Waals surface area contributed by atoms with E-state index in [4.69, 9.17) is 11.0 Å². The zero-order valence-electron chi connectivity index (χ0n) is 9.62. The second-order valence-electron chi connectivity index (χ2n) is 4.41. The average molecular weight is 202 g/mol. The predicted molar refractivity (Wildman–Crippen MR) is 62.1 cm³/mol. The lowest BCUT2D eigenvalue weighted by atomic mass is 9.82. The van der Waals surface area contributed by atoms with E-state index in [2.05, 4.69) is 25.1 Å². The Morgan fingerprint density at radius 1 is 1.33 bits per heavy atom. The van der Waals surface area contributed by atoms with Gasteiger partial charge in [0.05, 0.1) is 11.5 Å². The molecule has 0 heterocycles. The highest BCUT2D eigenvalue weighted by molar-refractivity contribution is 5.27. The van der Waals surface area contributed by atoms with Gasteiger partial charge < -0.3 is 5.73 Å². The van der Waals surface area contributed by atoms with Gasteiger partial charge in [-0.15, -0.1) is 0 Å². The maximum absolute atomic E-state index is 9.00. The maximum Gasteiger partial charge on any atom is 0.0710 e. The molecule has 0 saturated heterocycles. The molecule has 0 fully saturated rings. The lowest BCUT2D eigenvalue weighted by Crippen LogP contribution is -2.27. The van der Waals surface area contributed by atoms with E-state index < -0.39 is 5.41 Å². The molecule has 15 heavy (non-hydrogen) atoms. The van der Waals surface area contributed by atoms with Gasteiger partial charge in [-0.05, 0) is 31.4 Å². The van der Waals surface area contributed by atoms with E-state index in [1.165, 1.54) is 5.56 Å². The van der Waals surface area contributed by atoms with E-state index in [9.17, 15) is 0 Å². The first-order chi connectivity index (χ1) is 7.01. The molecule has 0 aromatic heterocycles. The van der Waals surface area contributed by atoms with Crippen molar-refractivity contribution in [2.45, 2.75) is 33.2 Å². The van der Waals surface area contributed by atoms with Gasteiger partial charge in [-0.25, -0.2) is 0 Å². The molecule has 2 nitrogen and oxygen atoms in total. The van der Waals surface area contributed by atoms with Gasteiger partial charge in [0.2, 0.25) is 0 Å². The third kappa shape index (κ3) is 2.57. The standard InChI is InChI=1S/C13H18N2/c1-4-10-5-7-11(8-6-10)12(15)13(2,3)9-14/h5-8,12H,4,15H2,1-3H3. The van der Waals surface area contributed by atoms with Crippen LogP contribution in [0.15, 0.2) is 24.3 Å². The maximum atomic E-state index is 9.00. The molecule has 0 saturated carbocycles. The third-order valence-corrected chi connectivity index (χ3v) is 2.81. The molecule has 0 bridgehead atoms. The van der Waals surface area contributed by atoms with Crippen molar-refractivity contribution in [1.82, 2.24) is 0 Å². The summed E-state index contributed by atoms with van der Waals surface area (Å²) in [7, 11) is 0. The Kier molecular flexibility index (Phi) is 3.49. The van der Waals surface area contributed by atoms with E-state index in [-0.39, 0.29) is 6.04 Å². The van der Waals surface area contributed by atoms with Crippen LogP contribution in [0.1, 0.15) is 37.9 Å². The van der Waals surface area contributed by atoms with Crippen LogP contribution in [0.25, 0.3) is 0 Å². The summed E-state index contributed by atoms with van der Waals surface area (Å²) in [5.74, 6) is 0. The van der Waals surface area contributed by atoms with Crippen LogP contribution < -0.4 is 5.73 Å². The SMILES string of the molecule is CCc1ccc(C(N)C(C)(C)C#N)cc1. The van der Waals surface area contributed by atoms with E-state index in [0.717, 1.165) is 12.0 Å². The predicted octanol–water partition coefficient (Wildman–Crippen LogP) is 2.80. The second kappa shape index (κ2) is 4.46. The summed E-state index contributed by atoms with van der Waals surface area (Å²) in [6, 6.07) is 10.2. The number of benzene rings is 1. The van der Waals surface area contributed by atoms with E-state index in [0.29, 0.717) is 0 Å². The number of aryl methyl sites for hydroxylation is 1. The lowest BCUT2D eigenvalue weighted by Gasteiger charge is -2.24. The molecule has 1 rings (SSSR count). The van der Waals surface area contributed by atoms with Crippen molar-refractivity contribution >= 4 is 0 Å². The number of rotatable bonds is 3. The Hall–Kier alpha value is -1.33. The quantitative estimate of drug-likeness (QED) is 0.819. The summed E-state index contributed by atoms with van der Waals surface area (Å²) in [6.45, 7) is 5.85. The highest BCUT2D eigenvalue weighted by Crippen LogP contribution is 2.30. The fraction of sp³-hybridized carbons (Fsp3) is 0.462. The summed E-state index contributed by atoms with van der Waals surface area (Å²) in [4.78, 5) is 0. The smallest absolute Gasteiger partial charge is 0.0710 e. The fourth-order valence-electron chi connectivity index (χ4n) is 1.45. The molecular weight excluding hydrogens is 184 g/mol. The van der Waals surface area contributed by atoms with Gasteiger partial charge in [0.1, 0.15) is 0 Å². The fourth-order valence-corrected chi connectivity index (χ4v) is 1.45. The minimum atomic E-state index is -0.520. The second-order valence-corrected chi connectivity index (χ2v) is 4.41. The van der Waals surface area contributed by atoms with Crippen molar-refractivity contribution in [1.29, 1.82) is 5.26 Å². The largest absolute Gasteiger partial charge is 0.323 e. The average Bonchev–Trinajstić information content (AvgIpc) is 2.28. The number of nitrogens with zero attached hydrogens (tertiary/aromatic N) is 1. The van der Waals surface area contributed by atoms with Crippen LogP contribution in [0.5, 0.6) is 0 Å². The van der Waals surface area contributed by atoms with Crippen molar-refractivity contribution in [3.63, 3.8) is 0 Å². The highest BCUT2D eigenvalue weighted by atomic mass is 14.7. The molecule has 80 valence electrons. The van der Waals surface area contributed by atoms with Crippen LogP contribution >= 0.6 is 0 Å². The van der Waals surface area contributed by atoms with Crippen molar-refractivity contribution in [3.8, 4) is 6.07 Å². The molecule has 0 aliphatic rings. The van der Waals surface area contributed by atoms with Crippen molar-refractivity contribution in [2.75, 3.05) is 0 Å². The van der Waals surface area contributed by atoms with Gasteiger partial charge in [-0.3, -0.25) is 0 Å². The summed E-state index contributed by atoms with van der Waals surface area (Å²) >= 11 is 0. The minimum Gasteiger partial charge on any atom is -0.323 e. The molecule has 1 atom stereocenters. The lowest BCUT2D eigenvalue weighted by molar-refractivity contribution is 0.393. The summed E-state index contributed by atoms with van der Waals surface area (Å²) in [5, 5.41) is 9.00. The van der Waals surface area contributed by atoms with Crippen molar-refractivity contribution in [2.24, 2.45) is 11.1 Å². The first kappa shape index (κ1) is 11.7. The molecule has 0 amide bonds. The zero-order chi connectivity index (χ0) is 11.5. The molecule has 1 unspecified atom stereocenters. The molecular formula is C13H18N2. The molecule has 2 heteroatoms. The van der Waals surface area contributed by atoms with Crippen LogP contribution in [0.2, 0.25) is 0 Å². The Bertz CT molecular complexity index is 357. The summed E-state index contributed by atoms with van der Waals surface area (Å²) in [6.07, 6.45) is 1.02. The molecule has 0 aliphatic carbocycles. The Balaban J connectivity index is 2.93. The highest BCUT2D eigenvalue weighted by Gasteiger charge is 2.27. The molecule has 1 aromatic rings. The number of nitriles is 1. The van der Waals surface area contributed by atoms with Crippen LogP contribution in [0.4, 0.5) is 0 Å².